The van der Waals surface area contributed by atoms with Gasteiger partial charge in [0.05, 0.1) is 33.3 Å². The van der Waals surface area contributed by atoms with E-state index in [4.69, 9.17) is 29.2 Å². The smallest absolute Gasteiger partial charge is 0.342 e. The number of nitrogen functional groups attached to an aromatic ring is 1. The van der Waals surface area contributed by atoms with Gasteiger partial charge in [0, 0.05) is 0 Å². The summed E-state index contributed by atoms with van der Waals surface area (Å²) in [6.45, 7) is 12.2. The number of aromatic nitrogens is 4. The number of imidazole rings is 1. The Hall–Kier alpha value is -4.48. The fraction of sp³-hybridized carbons (Fsp3) is 0.500. The maximum atomic E-state index is 15.3. The van der Waals surface area contributed by atoms with Crippen molar-refractivity contribution in [1.82, 2.24) is 29.7 Å². The van der Waals surface area contributed by atoms with Crippen LogP contribution in [0.25, 0.3) is 11.2 Å². The second kappa shape index (κ2) is 16.9. The number of methoxy groups -OCH3 is 1. The molecule has 0 radical (unpaired) electrons. The van der Waals surface area contributed by atoms with Gasteiger partial charge in [-0.3, -0.25) is 9.13 Å². The van der Waals surface area contributed by atoms with Gasteiger partial charge >= 0.3 is 19.6 Å². The average Bonchev–Trinajstić information content (AvgIpc) is 3.66. The number of hydrogen-bond donors (Lipinski definition) is 5. The number of hydrogen-bond acceptors (Lipinski definition) is 14. The highest BCUT2D eigenvalue weighted by Crippen LogP contribution is 2.47. The highest BCUT2D eigenvalue weighted by Gasteiger charge is 2.54. The second-order valence-electron chi connectivity index (χ2n) is 16.2. The van der Waals surface area contributed by atoms with Gasteiger partial charge in [-0.2, -0.15) is 9.97 Å². The van der Waals surface area contributed by atoms with Crippen molar-refractivity contribution in [2.75, 3.05) is 32.7 Å². The van der Waals surface area contributed by atoms with Crippen molar-refractivity contribution in [2.45, 2.75) is 84.6 Å². The largest absolute Gasteiger partial charge is 0.479 e. The van der Waals surface area contributed by atoms with Crippen LogP contribution in [0.15, 0.2) is 67.0 Å². The summed E-state index contributed by atoms with van der Waals surface area (Å²) in [4.78, 5) is 40.2. The van der Waals surface area contributed by atoms with Crippen LogP contribution in [0.4, 0.5) is 5.95 Å². The Balaban J connectivity index is 1.51. The van der Waals surface area contributed by atoms with E-state index in [1.54, 1.807) is 60.7 Å². The van der Waals surface area contributed by atoms with Crippen LogP contribution in [-0.4, -0.2) is 86.4 Å². The molecule has 0 unspecified atom stereocenters. The molecule has 0 bridgehead atoms. The quantitative estimate of drug-likeness (QED) is 0.0829. The first-order chi connectivity index (χ1) is 26.2. The monoisotopic (exact) mass is 797 g/mol. The maximum Gasteiger partial charge on any atom is 0.342 e. The van der Waals surface area contributed by atoms with Gasteiger partial charge in [0.25, 0.3) is 0 Å². The SMILES string of the molecule is COc1nc(N)nc2c1ncn2[C@@H]1O[C@H](COP(=O)(N[C@H](C(=O)OCC(C)(C)C)c2ccccc2)N[C@H](C(=O)OCC(C)(C)C)c2ccccc2)[C@@H](O)[C@@]1(C)O. The number of benzene rings is 2. The molecule has 6 atom stereocenters. The minimum Gasteiger partial charge on any atom is -0.479 e. The van der Waals surface area contributed by atoms with Crippen LogP contribution in [0.3, 0.4) is 0 Å². The van der Waals surface area contributed by atoms with Crippen LogP contribution in [0, 0.1) is 10.8 Å². The summed E-state index contributed by atoms with van der Waals surface area (Å²) >= 11 is 0. The van der Waals surface area contributed by atoms with Crippen molar-refractivity contribution < 1.29 is 47.8 Å². The first-order valence-corrected chi connectivity index (χ1v) is 19.7. The second-order valence-corrected chi connectivity index (χ2v) is 18.1. The molecule has 0 spiro atoms. The first-order valence-electron chi connectivity index (χ1n) is 18.0. The van der Waals surface area contributed by atoms with Crippen LogP contribution in [-0.2, 0) is 32.9 Å². The highest BCUT2D eigenvalue weighted by molar-refractivity contribution is 7.54. The number of fused-ring (bicyclic) bond motifs is 1. The molecule has 1 fully saturated rings. The molecule has 0 aliphatic carbocycles. The predicted octanol–water partition coefficient (Wildman–Crippen LogP) is 4.39. The first kappa shape index (κ1) is 42.7. The third kappa shape index (κ3) is 10.3. The minimum absolute atomic E-state index is 0.0468. The number of nitrogens with one attached hydrogen (secondary N) is 2. The van der Waals surface area contributed by atoms with Gasteiger partial charge in [-0.1, -0.05) is 102 Å². The normalized spacial score (nSPS) is 21.4. The molecule has 304 valence electrons. The zero-order valence-corrected chi connectivity index (χ0v) is 33.7. The van der Waals surface area contributed by atoms with Crippen molar-refractivity contribution in [2.24, 2.45) is 10.8 Å². The van der Waals surface area contributed by atoms with E-state index in [-0.39, 0.29) is 36.2 Å². The Bertz CT molecular complexity index is 1940. The number of esters is 2. The van der Waals surface area contributed by atoms with E-state index in [1.807, 2.05) is 41.5 Å². The highest BCUT2D eigenvalue weighted by atomic mass is 31.2. The van der Waals surface area contributed by atoms with Crippen LogP contribution in [0.1, 0.15) is 77.9 Å². The Labute approximate surface area is 325 Å². The van der Waals surface area contributed by atoms with Gasteiger partial charge < -0.3 is 39.4 Å². The summed E-state index contributed by atoms with van der Waals surface area (Å²) in [5, 5.41) is 28.7. The van der Waals surface area contributed by atoms with E-state index < -0.39 is 73.2 Å². The van der Waals surface area contributed by atoms with Crippen molar-refractivity contribution in [3.05, 3.63) is 78.1 Å². The van der Waals surface area contributed by atoms with Crippen LogP contribution < -0.4 is 20.6 Å². The van der Waals surface area contributed by atoms with Crippen molar-refractivity contribution in [1.29, 1.82) is 0 Å². The number of aliphatic hydroxyl groups excluding tert-OH is 1. The zero-order chi connectivity index (χ0) is 41.1. The number of carbonyl (C=O) groups excluding carboxylic acids is 2. The molecule has 1 aliphatic heterocycles. The van der Waals surface area contributed by atoms with Gasteiger partial charge in [-0.05, 0) is 28.9 Å². The fourth-order valence-electron chi connectivity index (χ4n) is 5.79. The van der Waals surface area contributed by atoms with E-state index >= 15 is 4.57 Å². The van der Waals surface area contributed by atoms with Gasteiger partial charge in [-0.15, -0.1) is 0 Å². The molecule has 2 aromatic heterocycles. The predicted molar refractivity (Wildman–Crippen MR) is 206 cm³/mol. The maximum absolute atomic E-state index is 15.3. The molecule has 1 aliphatic rings. The fourth-order valence-corrected chi connectivity index (χ4v) is 7.56. The summed E-state index contributed by atoms with van der Waals surface area (Å²) < 4.78 is 45.6. The number of ether oxygens (including phenoxy) is 4. The molecule has 6 N–H and O–H groups in total. The Kier molecular flexibility index (Phi) is 12.9. The molecule has 1 saturated heterocycles. The molecule has 0 saturated carbocycles. The van der Waals surface area contributed by atoms with Gasteiger partial charge in [0.2, 0.25) is 11.8 Å². The lowest BCUT2D eigenvalue weighted by molar-refractivity contribution is -0.149. The number of carbonyl (C=O) groups is 2. The van der Waals surface area contributed by atoms with E-state index in [9.17, 15) is 19.8 Å². The third-order valence-corrected chi connectivity index (χ3v) is 10.4. The Morgan fingerprint density at radius 3 is 1.89 bits per heavy atom. The molecular formula is C38H52N7O10P. The van der Waals surface area contributed by atoms with E-state index in [0.717, 1.165) is 0 Å². The molecule has 2 aromatic carbocycles. The molecule has 4 aromatic rings. The summed E-state index contributed by atoms with van der Waals surface area (Å²) in [6.07, 6.45) is -2.92. The summed E-state index contributed by atoms with van der Waals surface area (Å²) in [5.41, 5.74) is 4.31. The number of anilines is 1. The standard InChI is InChI=1S/C38H52N7O10P/c1-36(2,3)20-52-32(47)26(23-15-11-9-12-16-23)43-56(50,44-27(24-17-13-10-14-18-24)33(48)53-21-37(4,5)6)54-19-25-29(46)38(7,49)34(55-25)45-22-40-28-30(45)41-35(39)42-31(28)51-8/h9-18,22,25-27,29,34,46,49H,19-21H2,1-8H3,(H2,39,41,42)(H2,43,44,50)/t25-,26+,27+,29-,34-,38-/m1/s1. The number of aliphatic hydroxyl groups is 2. The topological polar surface area (TPSA) is 231 Å². The minimum atomic E-state index is -4.60. The Morgan fingerprint density at radius 1 is 0.929 bits per heavy atom. The molecular weight excluding hydrogens is 745 g/mol. The lowest BCUT2D eigenvalue weighted by Gasteiger charge is -2.31. The van der Waals surface area contributed by atoms with Crippen molar-refractivity contribution >= 4 is 36.7 Å². The molecule has 56 heavy (non-hydrogen) atoms. The summed E-state index contributed by atoms with van der Waals surface area (Å²) in [5.74, 6) is -1.56. The van der Waals surface area contributed by atoms with Crippen molar-refractivity contribution in [3.8, 4) is 5.88 Å². The lowest BCUT2D eigenvalue weighted by Crippen LogP contribution is -2.45. The van der Waals surface area contributed by atoms with Gasteiger partial charge in [0.15, 0.2) is 17.4 Å². The molecule has 0 amide bonds. The molecule has 3 heterocycles. The van der Waals surface area contributed by atoms with Crippen molar-refractivity contribution in [3.63, 3.8) is 0 Å². The van der Waals surface area contributed by atoms with Gasteiger partial charge in [0.1, 0.15) is 29.9 Å². The van der Waals surface area contributed by atoms with E-state index in [2.05, 4.69) is 25.1 Å². The number of rotatable bonds is 15. The molecule has 17 nitrogen and oxygen atoms in total. The number of nitrogens with zero attached hydrogens (tertiary/aromatic N) is 4. The average molecular weight is 798 g/mol. The van der Waals surface area contributed by atoms with E-state index in [0.29, 0.717) is 11.1 Å². The van der Waals surface area contributed by atoms with Crippen LogP contribution >= 0.6 is 7.67 Å². The zero-order valence-electron chi connectivity index (χ0n) is 32.8. The van der Waals surface area contributed by atoms with Gasteiger partial charge in [-0.25, -0.2) is 24.7 Å². The molecule has 5 rings (SSSR count). The summed E-state index contributed by atoms with van der Waals surface area (Å²) in [7, 11) is -3.22. The molecule has 18 heteroatoms. The summed E-state index contributed by atoms with van der Waals surface area (Å²) in [6, 6.07) is 14.2. The van der Waals surface area contributed by atoms with Crippen LogP contribution in [0.2, 0.25) is 0 Å². The Morgan fingerprint density at radius 2 is 1.43 bits per heavy atom. The van der Waals surface area contributed by atoms with E-state index in [1.165, 1.54) is 24.9 Å². The third-order valence-electron chi connectivity index (χ3n) is 8.66. The lowest BCUT2D eigenvalue weighted by atomic mass is 9.96. The number of nitrogens with two attached hydrogens (primary N) is 1. The van der Waals surface area contributed by atoms with Crippen LogP contribution in [0.5, 0.6) is 5.88 Å².